The third-order valence-electron chi connectivity index (χ3n) is 2.94. The number of hydrogen-bond donors (Lipinski definition) is 3. The molecule has 0 amide bonds. The minimum absolute atomic E-state index is 0.339. The Bertz CT molecular complexity index is 378. The molecule has 0 spiro atoms. The SMILES string of the molecule is COc1c(C)cc(C(O)CNN)c(C)c1C. The highest BCUT2D eigenvalue weighted by Gasteiger charge is 2.15. The molecule has 0 radical (unpaired) electrons. The molecule has 0 saturated heterocycles. The van der Waals surface area contributed by atoms with E-state index in [9.17, 15) is 5.11 Å². The van der Waals surface area contributed by atoms with Crippen LogP contribution < -0.4 is 16.0 Å². The number of hydrazine groups is 1. The van der Waals surface area contributed by atoms with Gasteiger partial charge in [-0.15, -0.1) is 0 Å². The average Bonchev–Trinajstić information content (AvgIpc) is 2.24. The van der Waals surface area contributed by atoms with Gasteiger partial charge in [0.05, 0.1) is 13.2 Å². The summed E-state index contributed by atoms with van der Waals surface area (Å²) < 4.78 is 5.33. The van der Waals surface area contributed by atoms with Gasteiger partial charge >= 0.3 is 0 Å². The van der Waals surface area contributed by atoms with Crippen molar-refractivity contribution < 1.29 is 9.84 Å². The van der Waals surface area contributed by atoms with E-state index in [-0.39, 0.29) is 0 Å². The van der Waals surface area contributed by atoms with Crippen molar-refractivity contribution in [1.82, 2.24) is 5.43 Å². The number of aryl methyl sites for hydroxylation is 1. The quantitative estimate of drug-likeness (QED) is 0.529. The first-order valence-electron chi connectivity index (χ1n) is 5.29. The second-order valence-electron chi connectivity index (χ2n) is 3.99. The van der Waals surface area contributed by atoms with Gasteiger partial charge in [0.25, 0.3) is 0 Å². The molecule has 90 valence electrons. The van der Waals surface area contributed by atoms with Gasteiger partial charge in [-0.05, 0) is 49.1 Å². The minimum atomic E-state index is -0.590. The Hall–Kier alpha value is -1.10. The maximum absolute atomic E-state index is 9.93. The monoisotopic (exact) mass is 224 g/mol. The summed E-state index contributed by atoms with van der Waals surface area (Å²) in [5.74, 6) is 6.10. The van der Waals surface area contributed by atoms with Gasteiger partial charge in [-0.3, -0.25) is 11.3 Å². The lowest BCUT2D eigenvalue weighted by Crippen LogP contribution is -2.28. The third kappa shape index (κ3) is 2.35. The number of benzene rings is 1. The van der Waals surface area contributed by atoms with E-state index in [0.717, 1.165) is 28.0 Å². The van der Waals surface area contributed by atoms with Crippen LogP contribution >= 0.6 is 0 Å². The van der Waals surface area contributed by atoms with Gasteiger partial charge < -0.3 is 9.84 Å². The first-order chi connectivity index (χ1) is 7.52. The second-order valence-corrected chi connectivity index (χ2v) is 3.99. The van der Waals surface area contributed by atoms with Crippen molar-refractivity contribution in [3.8, 4) is 5.75 Å². The number of aliphatic hydroxyl groups excluding tert-OH is 1. The molecule has 1 aromatic rings. The van der Waals surface area contributed by atoms with E-state index >= 15 is 0 Å². The molecule has 1 rings (SSSR count). The topological polar surface area (TPSA) is 67.5 Å². The third-order valence-corrected chi connectivity index (χ3v) is 2.94. The van der Waals surface area contributed by atoms with Crippen LogP contribution in [0.3, 0.4) is 0 Å². The summed E-state index contributed by atoms with van der Waals surface area (Å²) >= 11 is 0. The molecule has 4 heteroatoms. The molecule has 4 nitrogen and oxygen atoms in total. The van der Waals surface area contributed by atoms with Crippen molar-refractivity contribution in [3.63, 3.8) is 0 Å². The Labute approximate surface area is 96.4 Å². The number of aliphatic hydroxyl groups is 1. The lowest BCUT2D eigenvalue weighted by Gasteiger charge is -2.19. The van der Waals surface area contributed by atoms with Crippen LogP contribution in [0.15, 0.2) is 6.07 Å². The number of ether oxygens (including phenoxy) is 1. The highest BCUT2D eigenvalue weighted by atomic mass is 16.5. The molecule has 1 unspecified atom stereocenters. The van der Waals surface area contributed by atoms with Gasteiger partial charge in [-0.25, -0.2) is 0 Å². The lowest BCUT2D eigenvalue weighted by atomic mass is 9.95. The number of methoxy groups -OCH3 is 1. The Kier molecular flexibility index (Phi) is 4.29. The summed E-state index contributed by atoms with van der Waals surface area (Å²) in [7, 11) is 1.66. The molecule has 4 N–H and O–H groups in total. The Morgan fingerprint density at radius 1 is 1.38 bits per heavy atom. The number of nitrogens with one attached hydrogen (secondary N) is 1. The summed E-state index contributed by atoms with van der Waals surface area (Å²) in [5, 5.41) is 9.93. The Balaban J connectivity index is 3.22. The zero-order chi connectivity index (χ0) is 12.3. The first kappa shape index (κ1) is 13.0. The molecular formula is C12H20N2O2. The predicted molar refractivity (Wildman–Crippen MR) is 64.4 cm³/mol. The largest absolute Gasteiger partial charge is 0.496 e. The molecule has 1 aromatic carbocycles. The molecule has 0 heterocycles. The van der Waals surface area contributed by atoms with E-state index < -0.39 is 6.10 Å². The normalized spacial score (nSPS) is 12.6. The summed E-state index contributed by atoms with van der Waals surface area (Å²) in [6, 6.07) is 1.95. The summed E-state index contributed by atoms with van der Waals surface area (Å²) in [6.07, 6.45) is -0.590. The van der Waals surface area contributed by atoms with Gasteiger partial charge in [-0.2, -0.15) is 0 Å². The van der Waals surface area contributed by atoms with Crippen LogP contribution in [-0.2, 0) is 0 Å². The van der Waals surface area contributed by atoms with Gasteiger partial charge in [0.15, 0.2) is 0 Å². The fraction of sp³-hybridized carbons (Fsp3) is 0.500. The Morgan fingerprint density at radius 2 is 2.00 bits per heavy atom. The maximum atomic E-state index is 9.93. The van der Waals surface area contributed by atoms with Gasteiger partial charge in [-0.1, -0.05) is 0 Å². The van der Waals surface area contributed by atoms with E-state index in [2.05, 4.69) is 5.43 Å². The van der Waals surface area contributed by atoms with Crippen molar-refractivity contribution in [2.24, 2.45) is 5.84 Å². The van der Waals surface area contributed by atoms with E-state index in [1.54, 1.807) is 7.11 Å². The fourth-order valence-corrected chi connectivity index (χ4v) is 1.97. The van der Waals surface area contributed by atoms with Crippen molar-refractivity contribution >= 4 is 0 Å². The van der Waals surface area contributed by atoms with Crippen molar-refractivity contribution in [2.75, 3.05) is 13.7 Å². The maximum Gasteiger partial charge on any atom is 0.124 e. The molecule has 0 aliphatic heterocycles. The van der Waals surface area contributed by atoms with Crippen molar-refractivity contribution in [3.05, 3.63) is 28.3 Å². The van der Waals surface area contributed by atoms with Crippen LogP contribution in [0.1, 0.15) is 28.4 Å². The molecule has 0 aliphatic rings. The molecule has 0 fully saturated rings. The van der Waals surface area contributed by atoms with E-state index in [0.29, 0.717) is 6.54 Å². The van der Waals surface area contributed by atoms with E-state index in [1.807, 2.05) is 26.8 Å². The number of hydrogen-bond acceptors (Lipinski definition) is 4. The molecule has 0 aliphatic carbocycles. The van der Waals surface area contributed by atoms with E-state index in [1.165, 1.54) is 0 Å². The smallest absolute Gasteiger partial charge is 0.124 e. The Morgan fingerprint density at radius 3 is 2.50 bits per heavy atom. The standard InChI is InChI=1S/C12H20N2O2/c1-7-5-10(11(15)6-14-13)8(2)9(3)12(7)16-4/h5,11,14-15H,6,13H2,1-4H3. The van der Waals surface area contributed by atoms with Crippen LogP contribution in [-0.4, -0.2) is 18.8 Å². The molecule has 0 aromatic heterocycles. The predicted octanol–water partition coefficient (Wildman–Crippen LogP) is 1.12. The molecule has 0 saturated carbocycles. The summed E-state index contributed by atoms with van der Waals surface area (Å²) in [5.41, 5.74) is 6.51. The van der Waals surface area contributed by atoms with Crippen LogP contribution in [0.4, 0.5) is 0 Å². The van der Waals surface area contributed by atoms with Gasteiger partial charge in [0, 0.05) is 6.54 Å². The molecule has 16 heavy (non-hydrogen) atoms. The second kappa shape index (κ2) is 5.30. The highest BCUT2D eigenvalue weighted by molar-refractivity contribution is 5.49. The zero-order valence-electron chi connectivity index (χ0n) is 10.3. The van der Waals surface area contributed by atoms with Crippen LogP contribution in [0, 0.1) is 20.8 Å². The first-order valence-corrected chi connectivity index (χ1v) is 5.29. The van der Waals surface area contributed by atoms with Crippen molar-refractivity contribution in [1.29, 1.82) is 0 Å². The summed E-state index contributed by atoms with van der Waals surface area (Å²) in [6.45, 7) is 6.28. The van der Waals surface area contributed by atoms with Crippen LogP contribution in [0.25, 0.3) is 0 Å². The van der Waals surface area contributed by atoms with Gasteiger partial charge in [0.2, 0.25) is 0 Å². The lowest BCUT2D eigenvalue weighted by molar-refractivity contribution is 0.174. The highest BCUT2D eigenvalue weighted by Crippen LogP contribution is 2.31. The summed E-state index contributed by atoms with van der Waals surface area (Å²) in [4.78, 5) is 0. The molecule has 0 bridgehead atoms. The minimum Gasteiger partial charge on any atom is -0.496 e. The fourth-order valence-electron chi connectivity index (χ4n) is 1.97. The van der Waals surface area contributed by atoms with Gasteiger partial charge in [0.1, 0.15) is 5.75 Å². The number of nitrogens with two attached hydrogens (primary N) is 1. The number of rotatable bonds is 4. The van der Waals surface area contributed by atoms with Crippen LogP contribution in [0.2, 0.25) is 0 Å². The van der Waals surface area contributed by atoms with E-state index in [4.69, 9.17) is 10.6 Å². The average molecular weight is 224 g/mol. The molecule has 1 atom stereocenters. The zero-order valence-corrected chi connectivity index (χ0v) is 10.3. The van der Waals surface area contributed by atoms with Crippen molar-refractivity contribution in [2.45, 2.75) is 26.9 Å². The van der Waals surface area contributed by atoms with Crippen LogP contribution in [0.5, 0.6) is 5.75 Å². The molecular weight excluding hydrogens is 204 g/mol.